The van der Waals surface area contributed by atoms with Crippen molar-refractivity contribution in [2.24, 2.45) is 0 Å². The van der Waals surface area contributed by atoms with E-state index >= 15 is 0 Å². The number of aromatic nitrogens is 2. The molecule has 0 unspecified atom stereocenters. The predicted octanol–water partition coefficient (Wildman–Crippen LogP) is 5.11. The van der Waals surface area contributed by atoms with Crippen LogP contribution in [0.25, 0.3) is 11.3 Å². The van der Waals surface area contributed by atoms with Gasteiger partial charge in [0.2, 0.25) is 0 Å². The topological polar surface area (TPSA) is 44.2 Å². The van der Waals surface area contributed by atoms with Crippen LogP contribution in [0, 0.1) is 0 Å². The first-order valence-electron chi connectivity index (χ1n) is 7.63. The molecule has 2 aromatic carbocycles. The molecule has 0 radical (unpaired) electrons. The van der Waals surface area contributed by atoms with E-state index in [1.807, 2.05) is 54.6 Å². The Hall–Kier alpha value is -2.24. The maximum Gasteiger partial charge on any atom is 0.128 e. The first-order chi connectivity index (χ1) is 12.2. The van der Waals surface area contributed by atoms with Crippen LogP contribution >= 0.6 is 23.4 Å². The summed E-state index contributed by atoms with van der Waals surface area (Å²) in [7, 11) is 3.26. The molecule has 0 aliphatic heterocycles. The molecule has 6 heteroatoms. The Bertz CT molecular complexity index is 856. The fourth-order valence-corrected chi connectivity index (χ4v) is 3.31. The van der Waals surface area contributed by atoms with Crippen LogP contribution in [0.1, 0.15) is 5.56 Å². The van der Waals surface area contributed by atoms with Gasteiger partial charge in [-0.3, -0.25) is 0 Å². The standard InChI is InChI=1S/C19H17ClN2O2S/c1-23-15-6-8-18(24-2)16(11-15)17-7-9-19(22-21-17)25-12-13-4-3-5-14(20)10-13/h3-11H,12H2,1-2H3. The van der Waals surface area contributed by atoms with Crippen molar-refractivity contribution in [3.8, 4) is 22.8 Å². The number of hydrogen-bond acceptors (Lipinski definition) is 5. The van der Waals surface area contributed by atoms with Gasteiger partial charge in [-0.1, -0.05) is 35.5 Å². The molecule has 1 aromatic heterocycles. The number of halogens is 1. The van der Waals surface area contributed by atoms with Crippen molar-refractivity contribution in [1.29, 1.82) is 0 Å². The van der Waals surface area contributed by atoms with Crippen molar-refractivity contribution in [2.75, 3.05) is 14.2 Å². The summed E-state index contributed by atoms with van der Waals surface area (Å²) in [6.07, 6.45) is 0. The highest BCUT2D eigenvalue weighted by atomic mass is 35.5. The van der Waals surface area contributed by atoms with Crippen LogP contribution in [-0.4, -0.2) is 24.4 Å². The van der Waals surface area contributed by atoms with Crippen LogP contribution < -0.4 is 9.47 Å². The minimum atomic E-state index is 0.731. The van der Waals surface area contributed by atoms with Crippen molar-refractivity contribution in [3.05, 3.63) is 65.2 Å². The summed E-state index contributed by atoms with van der Waals surface area (Å²) in [6.45, 7) is 0. The lowest BCUT2D eigenvalue weighted by Crippen LogP contribution is -1.94. The average molecular weight is 373 g/mol. The number of ether oxygens (including phenoxy) is 2. The minimum absolute atomic E-state index is 0.731. The van der Waals surface area contributed by atoms with Gasteiger partial charge in [-0.05, 0) is 48.0 Å². The SMILES string of the molecule is COc1ccc(OC)c(-c2ccc(SCc3cccc(Cl)c3)nn2)c1. The Morgan fingerprint density at radius 1 is 0.960 bits per heavy atom. The molecule has 25 heavy (non-hydrogen) atoms. The largest absolute Gasteiger partial charge is 0.497 e. The third-order valence-corrected chi connectivity index (χ3v) is 4.82. The zero-order valence-corrected chi connectivity index (χ0v) is 15.5. The lowest BCUT2D eigenvalue weighted by atomic mass is 10.1. The van der Waals surface area contributed by atoms with E-state index in [4.69, 9.17) is 21.1 Å². The number of hydrogen-bond donors (Lipinski definition) is 0. The van der Waals surface area contributed by atoms with Gasteiger partial charge in [-0.15, -0.1) is 10.2 Å². The van der Waals surface area contributed by atoms with Crippen molar-refractivity contribution in [3.63, 3.8) is 0 Å². The molecule has 0 fully saturated rings. The van der Waals surface area contributed by atoms with Gasteiger partial charge in [0.05, 0.1) is 19.9 Å². The van der Waals surface area contributed by atoms with E-state index in [2.05, 4.69) is 10.2 Å². The number of benzene rings is 2. The van der Waals surface area contributed by atoms with Crippen LogP contribution in [0.5, 0.6) is 11.5 Å². The molecule has 0 saturated carbocycles. The second kappa shape index (κ2) is 8.23. The van der Waals surface area contributed by atoms with Crippen LogP contribution in [-0.2, 0) is 5.75 Å². The van der Waals surface area contributed by atoms with Crippen LogP contribution in [0.4, 0.5) is 0 Å². The highest BCUT2D eigenvalue weighted by Crippen LogP contribution is 2.32. The van der Waals surface area contributed by atoms with E-state index in [-0.39, 0.29) is 0 Å². The summed E-state index contributed by atoms with van der Waals surface area (Å²) in [5.74, 6) is 2.27. The van der Waals surface area contributed by atoms with E-state index in [9.17, 15) is 0 Å². The second-order valence-electron chi connectivity index (χ2n) is 5.24. The van der Waals surface area contributed by atoms with Gasteiger partial charge < -0.3 is 9.47 Å². The van der Waals surface area contributed by atoms with Crippen molar-refractivity contribution in [2.45, 2.75) is 10.8 Å². The number of nitrogens with zero attached hydrogens (tertiary/aromatic N) is 2. The molecule has 3 aromatic rings. The molecule has 0 aliphatic rings. The van der Waals surface area contributed by atoms with E-state index in [0.717, 1.165) is 44.1 Å². The maximum atomic E-state index is 6.01. The second-order valence-corrected chi connectivity index (χ2v) is 6.67. The zero-order chi connectivity index (χ0) is 17.6. The fraction of sp³-hybridized carbons (Fsp3) is 0.158. The molecule has 0 bridgehead atoms. The molecule has 0 saturated heterocycles. The van der Waals surface area contributed by atoms with Crippen molar-refractivity contribution >= 4 is 23.4 Å². The summed E-state index contributed by atoms with van der Waals surface area (Å²) in [5.41, 5.74) is 2.74. The highest BCUT2D eigenvalue weighted by molar-refractivity contribution is 7.98. The van der Waals surface area contributed by atoms with Crippen molar-refractivity contribution < 1.29 is 9.47 Å². The number of rotatable bonds is 6. The van der Waals surface area contributed by atoms with E-state index in [0.29, 0.717) is 0 Å². The summed E-state index contributed by atoms with van der Waals surface area (Å²) < 4.78 is 10.7. The highest BCUT2D eigenvalue weighted by Gasteiger charge is 2.10. The predicted molar refractivity (Wildman–Crippen MR) is 102 cm³/mol. The zero-order valence-electron chi connectivity index (χ0n) is 13.9. The van der Waals surface area contributed by atoms with Crippen LogP contribution in [0.15, 0.2) is 59.6 Å². The van der Waals surface area contributed by atoms with Gasteiger partial charge in [0, 0.05) is 16.3 Å². The molecule has 0 aliphatic carbocycles. The average Bonchev–Trinajstić information content (AvgIpc) is 2.66. The first-order valence-corrected chi connectivity index (χ1v) is 8.99. The van der Waals surface area contributed by atoms with Crippen LogP contribution in [0.3, 0.4) is 0 Å². The minimum Gasteiger partial charge on any atom is -0.497 e. The third-order valence-electron chi connectivity index (χ3n) is 3.60. The molecule has 0 atom stereocenters. The third kappa shape index (κ3) is 4.44. The summed E-state index contributed by atoms with van der Waals surface area (Å²) >= 11 is 7.62. The quantitative estimate of drug-likeness (QED) is 0.563. The van der Waals surface area contributed by atoms with Gasteiger partial charge >= 0.3 is 0 Å². The van der Waals surface area contributed by atoms with E-state index < -0.39 is 0 Å². The molecule has 0 N–H and O–H groups in total. The Kier molecular flexibility index (Phi) is 5.79. The lowest BCUT2D eigenvalue weighted by Gasteiger charge is -2.10. The Morgan fingerprint density at radius 3 is 2.52 bits per heavy atom. The van der Waals surface area contributed by atoms with Gasteiger partial charge in [0.15, 0.2) is 0 Å². The Labute approximate surface area is 156 Å². The molecular weight excluding hydrogens is 356 g/mol. The Balaban J connectivity index is 1.76. The monoisotopic (exact) mass is 372 g/mol. The first kappa shape index (κ1) is 17.6. The van der Waals surface area contributed by atoms with Gasteiger partial charge in [0.25, 0.3) is 0 Å². The molecule has 1 heterocycles. The molecule has 128 valence electrons. The number of thioether (sulfide) groups is 1. The summed E-state index contributed by atoms with van der Waals surface area (Å²) in [4.78, 5) is 0. The molecular formula is C19H17ClN2O2S. The van der Waals surface area contributed by atoms with Gasteiger partial charge in [-0.2, -0.15) is 0 Å². The van der Waals surface area contributed by atoms with Crippen LogP contribution in [0.2, 0.25) is 5.02 Å². The molecule has 3 rings (SSSR count). The summed E-state index contributed by atoms with van der Waals surface area (Å²) in [5, 5.41) is 10.2. The van der Waals surface area contributed by atoms with E-state index in [1.165, 1.54) is 0 Å². The normalized spacial score (nSPS) is 10.5. The number of methoxy groups -OCH3 is 2. The summed E-state index contributed by atoms with van der Waals surface area (Å²) in [6, 6.07) is 17.3. The molecule has 0 amide bonds. The molecule has 4 nitrogen and oxygen atoms in total. The maximum absolute atomic E-state index is 6.01. The molecule has 0 spiro atoms. The lowest BCUT2D eigenvalue weighted by molar-refractivity contribution is 0.404. The van der Waals surface area contributed by atoms with E-state index in [1.54, 1.807) is 26.0 Å². The van der Waals surface area contributed by atoms with Gasteiger partial charge in [-0.25, -0.2) is 0 Å². The Morgan fingerprint density at radius 2 is 1.84 bits per heavy atom. The smallest absolute Gasteiger partial charge is 0.128 e. The van der Waals surface area contributed by atoms with Crippen molar-refractivity contribution in [1.82, 2.24) is 10.2 Å². The van der Waals surface area contributed by atoms with Gasteiger partial charge in [0.1, 0.15) is 16.5 Å². The fourth-order valence-electron chi connectivity index (χ4n) is 2.34.